The normalized spacial score (nSPS) is 10.5. The zero-order valence-electron chi connectivity index (χ0n) is 13.2. The van der Waals surface area contributed by atoms with Gasteiger partial charge >= 0.3 is 0 Å². The Balaban J connectivity index is 1.77. The lowest BCUT2D eigenvalue weighted by molar-refractivity contribution is -0.121. The molecule has 0 unspecified atom stereocenters. The summed E-state index contributed by atoms with van der Waals surface area (Å²) in [5, 5.41) is 6.98. The lowest BCUT2D eigenvalue weighted by Crippen LogP contribution is -2.25. The molecule has 0 atom stereocenters. The number of pyridine rings is 1. The van der Waals surface area contributed by atoms with Crippen LogP contribution in [0.5, 0.6) is 0 Å². The number of anilines is 1. The molecule has 0 radical (unpaired) electrons. The van der Waals surface area contributed by atoms with Gasteiger partial charge in [0.15, 0.2) is 0 Å². The molecule has 0 aliphatic heterocycles. The first-order valence-corrected chi connectivity index (χ1v) is 7.67. The Hall–Kier alpha value is -2.37. The number of carbonyl (C=O) groups is 1. The highest BCUT2D eigenvalue weighted by molar-refractivity contribution is 5.75. The zero-order chi connectivity index (χ0) is 15.8. The molecule has 2 heterocycles. The molecular formula is C16H23N5O. The minimum Gasteiger partial charge on any atom is -0.357 e. The van der Waals surface area contributed by atoms with Crippen LogP contribution in [-0.2, 0) is 17.9 Å². The van der Waals surface area contributed by atoms with Gasteiger partial charge in [0.1, 0.15) is 5.82 Å². The van der Waals surface area contributed by atoms with Crippen LogP contribution in [-0.4, -0.2) is 33.8 Å². The summed E-state index contributed by atoms with van der Waals surface area (Å²) in [5.74, 6) is 0.988. The van der Waals surface area contributed by atoms with Crippen molar-refractivity contribution in [2.45, 2.75) is 33.4 Å². The molecule has 0 saturated carbocycles. The number of aryl methyl sites for hydroxylation is 1. The van der Waals surface area contributed by atoms with E-state index in [2.05, 4.69) is 34.1 Å². The lowest BCUT2D eigenvalue weighted by Gasteiger charge is -2.19. The van der Waals surface area contributed by atoms with Crippen molar-refractivity contribution >= 4 is 11.7 Å². The predicted molar refractivity (Wildman–Crippen MR) is 86.5 cm³/mol. The predicted octanol–water partition coefficient (Wildman–Crippen LogP) is 1.83. The molecule has 118 valence electrons. The molecule has 6 nitrogen and oxygen atoms in total. The van der Waals surface area contributed by atoms with Crippen molar-refractivity contribution in [3.63, 3.8) is 0 Å². The maximum Gasteiger partial charge on any atom is 0.222 e. The third-order valence-corrected chi connectivity index (χ3v) is 3.51. The summed E-state index contributed by atoms with van der Waals surface area (Å²) in [6, 6.07) is 5.85. The smallest absolute Gasteiger partial charge is 0.222 e. The Bertz CT molecular complexity index is 561. The SMILES string of the molecule is CCN(CC)c1ccc(CNC(=O)CCn2cccn2)cn1. The third-order valence-electron chi connectivity index (χ3n) is 3.51. The van der Waals surface area contributed by atoms with Crippen molar-refractivity contribution in [2.24, 2.45) is 0 Å². The second-order valence-electron chi connectivity index (χ2n) is 4.99. The minimum atomic E-state index is 0.0170. The standard InChI is InChI=1S/C16H23N5O/c1-3-20(4-2)15-7-6-14(12-17-15)13-18-16(22)8-11-21-10-5-9-19-21/h5-7,9-10,12H,3-4,8,11,13H2,1-2H3,(H,18,22). The van der Waals surface area contributed by atoms with E-state index in [1.165, 1.54) is 0 Å². The molecule has 1 amide bonds. The van der Waals surface area contributed by atoms with Crippen molar-refractivity contribution in [1.82, 2.24) is 20.1 Å². The van der Waals surface area contributed by atoms with E-state index in [0.29, 0.717) is 19.5 Å². The van der Waals surface area contributed by atoms with Gasteiger partial charge in [-0.25, -0.2) is 4.98 Å². The molecule has 1 N–H and O–H groups in total. The van der Waals surface area contributed by atoms with E-state index in [9.17, 15) is 4.79 Å². The monoisotopic (exact) mass is 301 g/mol. The van der Waals surface area contributed by atoms with Gasteiger partial charge in [0.25, 0.3) is 0 Å². The first kappa shape index (κ1) is 16.0. The molecule has 0 aliphatic rings. The summed E-state index contributed by atoms with van der Waals surface area (Å²) in [6.45, 7) is 7.19. The van der Waals surface area contributed by atoms with Crippen molar-refractivity contribution < 1.29 is 4.79 Å². The van der Waals surface area contributed by atoms with Crippen LogP contribution in [0.25, 0.3) is 0 Å². The van der Waals surface area contributed by atoms with E-state index in [-0.39, 0.29) is 5.91 Å². The largest absolute Gasteiger partial charge is 0.357 e. The highest BCUT2D eigenvalue weighted by atomic mass is 16.1. The number of nitrogens with one attached hydrogen (secondary N) is 1. The van der Waals surface area contributed by atoms with E-state index in [0.717, 1.165) is 24.5 Å². The summed E-state index contributed by atoms with van der Waals surface area (Å²) in [7, 11) is 0. The van der Waals surface area contributed by atoms with Gasteiger partial charge in [-0.3, -0.25) is 9.48 Å². The molecule has 0 spiro atoms. The number of rotatable bonds is 8. The molecule has 22 heavy (non-hydrogen) atoms. The van der Waals surface area contributed by atoms with Crippen LogP contribution in [0.2, 0.25) is 0 Å². The number of carbonyl (C=O) groups excluding carboxylic acids is 1. The fourth-order valence-electron chi connectivity index (χ4n) is 2.19. The lowest BCUT2D eigenvalue weighted by atomic mass is 10.2. The van der Waals surface area contributed by atoms with Crippen LogP contribution in [0, 0.1) is 0 Å². The Morgan fingerprint density at radius 3 is 2.73 bits per heavy atom. The maximum atomic E-state index is 11.8. The van der Waals surface area contributed by atoms with Crippen LogP contribution in [0.4, 0.5) is 5.82 Å². The van der Waals surface area contributed by atoms with Gasteiger partial charge in [-0.2, -0.15) is 5.10 Å². The second kappa shape index (κ2) is 8.17. The number of nitrogens with zero attached hydrogens (tertiary/aromatic N) is 4. The molecule has 2 rings (SSSR count). The molecular weight excluding hydrogens is 278 g/mol. The first-order valence-electron chi connectivity index (χ1n) is 7.67. The molecule has 2 aromatic heterocycles. The Morgan fingerprint density at radius 2 is 2.14 bits per heavy atom. The number of aromatic nitrogens is 3. The van der Waals surface area contributed by atoms with Crippen molar-refractivity contribution in [2.75, 3.05) is 18.0 Å². The molecule has 0 aliphatic carbocycles. The highest BCUT2D eigenvalue weighted by Crippen LogP contribution is 2.10. The maximum absolute atomic E-state index is 11.8. The van der Waals surface area contributed by atoms with Gasteiger partial charge in [0, 0.05) is 51.2 Å². The van der Waals surface area contributed by atoms with E-state index in [1.807, 2.05) is 30.6 Å². The van der Waals surface area contributed by atoms with Crippen molar-refractivity contribution in [3.05, 3.63) is 42.4 Å². The second-order valence-corrected chi connectivity index (χ2v) is 4.99. The summed E-state index contributed by atoms with van der Waals surface area (Å²) >= 11 is 0. The van der Waals surface area contributed by atoms with E-state index in [4.69, 9.17) is 0 Å². The summed E-state index contributed by atoms with van der Waals surface area (Å²) in [4.78, 5) is 18.4. The average molecular weight is 301 g/mol. The summed E-state index contributed by atoms with van der Waals surface area (Å²) < 4.78 is 1.75. The molecule has 0 bridgehead atoms. The fourth-order valence-corrected chi connectivity index (χ4v) is 2.19. The van der Waals surface area contributed by atoms with E-state index >= 15 is 0 Å². The van der Waals surface area contributed by atoms with Crippen LogP contribution in [0.1, 0.15) is 25.8 Å². The Morgan fingerprint density at radius 1 is 1.32 bits per heavy atom. The summed E-state index contributed by atoms with van der Waals surface area (Å²) in [6.07, 6.45) is 5.80. The number of hydrogen-bond acceptors (Lipinski definition) is 4. The molecule has 2 aromatic rings. The quantitative estimate of drug-likeness (QED) is 0.808. The van der Waals surface area contributed by atoms with Gasteiger partial charge in [-0.1, -0.05) is 6.07 Å². The number of amides is 1. The molecule has 0 fully saturated rings. The van der Waals surface area contributed by atoms with Crippen LogP contribution in [0.15, 0.2) is 36.8 Å². The molecule has 6 heteroatoms. The minimum absolute atomic E-state index is 0.0170. The highest BCUT2D eigenvalue weighted by Gasteiger charge is 2.05. The topological polar surface area (TPSA) is 63.1 Å². The van der Waals surface area contributed by atoms with Gasteiger partial charge in [-0.15, -0.1) is 0 Å². The van der Waals surface area contributed by atoms with Gasteiger partial charge in [-0.05, 0) is 31.5 Å². The molecule has 0 saturated heterocycles. The van der Waals surface area contributed by atoms with Gasteiger partial charge in [0.2, 0.25) is 5.91 Å². The Kier molecular flexibility index (Phi) is 5.94. The van der Waals surface area contributed by atoms with Crippen LogP contribution in [0.3, 0.4) is 0 Å². The number of hydrogen-bond donors (Lipinski definition) is 1. The summed E-state index contributed by atoms with van der Waals surface area (Å²) in [5.41, 5.74) is 1.00. The van der Waals surface area contributed by atoms with E-state index < -0.39 is 0 Å². The first-order chi connectivity index (χ1) is 10.7. The van der Waals surface area contributed by atoms with Crippen LogP contribution >= 0.6 is 0 Å². The van der Waals surface area contributed by atoms with Gasteiger partial charge in [0.05, 0.1) is 0 Å². The van der Waals surface area contributed by atoms with Crippen molar-refractivity contribution in [3.8, 4) is 0 Å². The third kappa shape index (κ3) is 4.58. The van der Waals surface area contributed by atoms with Crippen LogP contribution < -0.4 is 10.2 Å². The van der Waals surface area contributed by atoms with E-state index in [1.54, 1.807) is 10.9 Å². The molecule has 0 aromatic carbocycles. The Labute approximate surface area is 131 Å². The zero-order valence-corrected chi connectivity index (χ0v) is 13.2. The fraction of sp³-hybridized carbons (Fsp3) is 0.438. The van der Waals surface area contributed by atoms with Gasteiger partial charge < -0.3 is 10.2 Å². The van der Waals surface area contributed by atoms with Crippen molar-refractivity contribution in [1.29, 1.82) is 0 Å². The average Bonchev–Trinajstić information content (AvgIpc) is 3.07.